The summed E-state index contributed by atoms with van der Waals surface area (Å²) in [6, 6.07) is 15.0. The van der Waals surface area contributed by atoms with Crippen molar-refractivity contribution < 1.29 is 14.3 Å². The molecule has 0 aromatic heterocycles. The van der Waals surface area contributed by atoms with Crippen LogP contribution in [-0.4, -0.2) is 43.6 Å². The molecule has 0 unspecified atom stereocenters. The van der Waals surface area contributed by atoms with Crippen LogP contribution < -0.4 is 10.6 Å². The number of hydrogen-bond donors (Lipinski definition) is 2. The van der Waals surface area contributed by atoms with Crippen LogP contribution in [0.1, 0.15) is 16.7 Å². The van der Waals surface area contributed by atoms with E-state index in [9.17, 15) is 9.59 Å². The van der Waals surface area contributed by atoms with Crippen molar-refractivity contribution in [1.82, 2.24) is 10.2 Å². The number of anilines is 1. The third kappa shape index (κ3) is 6.84. The summed E-state index contributed by atoms with van der Waals surface area (Å²) in [4.78, 5) is 26.4. The highest BCUT2D eigenvalue weighted by molar-refractivity contribution is 6.02. The standard InChI is InChI=1S/C21H27N3O3/c1-16-8-7-11-19(17(16)2)22-21(26)23-20(25)15-24(12-13-27-3)14-18-9-5-4-6-10-18/h4-11H,12-15H2,1-3H3,(H2,22,23,25,26). The molecule has 0 aliphatic rings. The Labute approximate surface area is 160 Å². The molecule has 0 saturated carbocycles. The number of hydrogen-bond acceptors (Lipinski definition) is 4. The van der Waals surface area contributed by atoms with Gasteiger partial charge in [-0.25, -0.2) is 4.79 Å². The molecule has 144 valence electrons. The first-order valence-electron chi connectivity index (χ1n) is 8.92. The zero-order valence-corrected chi connectivity index (χ0v) is 16.1. The average molecular weight is 369 g/mol. The zero-order valence-electron chi connectivity index (χ0n) is 16.1. The lowest BCUT2D eigenvalue weighted by atomic mass is 10.1. The normalized spacial score (nSPS) is 10.7. The van der Waals surface area contributed by atoms with Gasteiger partial charge >= 0.3 is 6.03 Å². The van der Waals surface area contributed by atoms with E-state index in [1.165, 1.54) is 0 Å². The predicted octanol–water partition coefficient (Wildman–Crippen LogP) is 3.10. The van der Waals surface area contributed by atoms with Crippen LogP contribution in [-0.2, 0) is 16.1 Å². The number of aryl methyl sites for hydroxylation is 1. The number of urea groups is 1. The fourth-order valence-corrected chi connectivity index (χ4v) is 2.69. The Kier molecular flexibility index (Phi) is 7.98. The van der Waals surface area contributed by atoms with Gasteiger partial charge in [0.05, 0.1) is 13.2 Å². The van der Waals surface area contributed by atoms with Gasteiger partial charge in [0.25, 0.3) is 0 Å². The van der Waals surface area contributed by atoms with E-state index >= 15 is 0 Å². The molecule has 2 aromatic rings. The molecule has 0 bridgehead atoms. The second-order valence-corrected chi connectivity index (χ2v) is 6.44. The largest absolute Gasteiger partial charge is 0.383 e. The van der Waals surface area contributed by atoms with Crippen molar-refractivity contribution in [3.8, 4) is 0 Å². The molecule has 0 atom stereocenters. The van der Waals surface area contributed by atoms with Gasteiger partial charge in [0, 0.05) is 25.9 Å². The van der Waals surface area contributed by atoms with Gasteiger partial charge in [-0.05, 0) is 36.6 Å². The van der Waals surface area contributed by atoms with Gasteiger partial charge in [-0.2, -0.15) is 0 Å². The summed E-state index contributed by atoms with van der Waals surface area (Å²) in [5, 5.41) is 5.13. The van der Waals surface area contributed by atoms with Crippen molar-refractivity contribution in [2.45, 2.75) is 20.4 Å². The molecule has 0 saturated heterocycles. The molecule has 0 radical (unpaired) electrons. The Morgan fingerprint density at radius 1 is 1.04 bits per heavy atom. The number of carbonyl (C=O) groups excluding carboxylic acids is 2. The predicted molar refractivity (Wildman–Crippen MR) is 107 cm³/mol. The first-order chi connectivity index (χ1) is 13.0. The van der Waals surface area contributed by atoms with Crippen molar-refractivity contribution in [3.05, 3.63) is 65.2 Å². The summed E-state index contributed by atoms with van der Waals surface area (Å²) in [5.74, 6) is -0.357. The third-order valence-electron chi connectivity index (χ3n) is 4.33. The molecule has 2 N–H and O–H groups in total. The van der Waals surface area contributed by atoms with Crippen molar-refractivity contribution in [1.29, 1.82) is 0 Å². The minimum atomic E-state index is -0.528. The Balaban J connectivity index is 1.91. The van der Waals surface area contributed by atoms with Gasteiger partial charge in [-0.3, -0.25) is 15.0 Å². The Hall–Kier alpha value is -2.70. The van der Waals surface area contributed by atoms with Crippen molar-refractivity contribution in [2.24, 2.45) is 0 Å². The molecule has 0 fully saturated rings. The van der Waals surface area contributed by atoms with Crippen LogP contribution in [0.15, 0.2) is 48.5 Å². The SMILES string of the molecule is COCCN(CC(=O)NC(=O)Nc1cccc(C)c1C)Cc1ccccc1. The summed E-state index contributed by atoms with van der Waals surface area (Å²) in [6.45, 7) is 5.72. The molecule has 3 amide bonds. The van der Waals surface area contributed by atoms with Crippen LogP contribution >= 0.6 is 0 Å². The van der Waals surface area contributed by atoms with Gasteiger partial charge in [-0.1, -0.05) is 42.5 Å². The molecule has 6 nitrogen and oxygen atoms in total. The van der Waals surface area contributed by atoms with Crippen molar-refractivity contribution in [3.63, 3.8) is 0 Å². The van der Waals surface area contributed by atoms with E-state index in [1.807, 2.05) is 67.3 Å². The molecule has 0 aliphatic carbocycles. The lowest BCUT2D eigenvalue weighted by molar-refractivity contribution is -0.121. The van der Waals surface area contributed by atoms with E-state index in [2.05, 4.69) is 10.6 Å². The number of ether oxygens (including phenoxy) is 1. The van der Waals surface area contributed by atoms with Gasteiger partial charge in [-0.15, -0.1) is 0 Å². The summed E-state index contributed by atoms with van der Waals surface area (Å²) >= 11 is 0. The van der Waals surface area contributed by atoms with Gasteiger partial charge in [0.2, 0.25) is 5.91 Å². The Bertz CT molecular complexity index is 763. The summed E-state index contributed by atoms with van der Waals surface area (Å²) in [7, 11) is 1.62. The first-order valence-corrected chi connectivity index (χ1v) is 8.92. The van der Waals surface area contributed by atoms with Crippen LogP contribution in [0.4, 0.5) is 10.5 Å². The zero-order chi connectivity index (χ0) is 19.6. The van der Waals surface area contributed by atoms with E-state index in [0.717, 1.165) is 16.7 Å². The maximum Gasteiger partial charge on any atom is 0.325 e. The third-order valence-corrected chi connectivity index (χ3v) is 4.33. The first kappa shape index (κ1) is 20.6. The topological polar surface area (TPSA) is 70.7 Å². The number of nitrogens with one attached hydrogen (secondary N) is 2. The lowest BCUT2D eigenvalue weighted by Crippen LogP contribution is -2.42. The molecule has 2 aromatic carbocycles. The quantitative estimate of drug-likeness (QED) is 0.750. The van der Waals surface area contributed by atoms with Crippen molar-refractivity contribution >= 4 is 17.6 Å². The van der Waals surface area contributed by atoms with E-state index in [4.69, 9.17) is 4.74 Å². The number of methoxy groups -OCH3 is 1. The smallest absolute Gasteiger partial charge is 0.325 e. The minimum absolute atomic E-state index is 0.110. The molecule has 0 aliphatic heterocycles. The molecule has 27 heavy (non-hydrogen) atoms. The van der Waals surface area contributed by atoms with Gasteiger partial charge in [0.1, 0.15) is 0 Å². The van der Waals surface area contributed by atoms with E-state index < -0.39 is 6.03 Å². The molecule has 0 heterocycles. The summed E-state index contributed by atoms with van der Waals surface area (Å²) < 4.78 is 5.12. The number of imide groups is 1. The summed E-state index contributed by atoms with van der Waals surface area (Å²) in [6.07, 6.45) is 0. The molecule has 2 rings (SSSR count). The van der Waals surface area contributed by atoms with Crippen LogP contribution in [0.3, 0.4) is 0 Å². The van der Waals surface area contributed by atoms with Gasteiger partial charge in [0.15, 0.2) is 0 Å². The number of benzene rings is 2. The number of carbonyl (C=O) groups is 2. The fraction of sp³-hybridized carbons (Fsp3) is 0.333. The molecule has 0 spiro atoms. The fourth-order valence-electron chi connectivity index (χ4n) is 2.69. The average Bonchev–Trinajstić information content (AvgIpc) is 2.64. The highest BCUT2D eigenvalue weighted by Crippen LogP contribution is 2.17. The number of amides is 3. The molecular weight excluding hydrogens is 342 g/mol. The van der Waals surface area contributed by atoms with Crippen LogP contribution in [0.5, 0.6) is 0 Å². The van der Waals surface area contributed by atoms with Crippen molar-refractivity contribution in [2.75, 3.05) is 32.1 Å². The van der Waals surface area contributed by atoms with Crippen LogP contribution in [0, 0.1) is 13.8 Å². The van der Waals surface area contributed by atoms with Crippen LogP contribution in [0.2, 0.25) is 0 Å². The monoisotopic (exact) mass is 369 g/mol. The van der Waals surface area contributed by atoms with E-state index in [0.29, 0.717) is 25.4 Å². The molecule has 6 heteroatoms. The van der Waals surface area contributed by atoms with E-state index in [-0.39, 0.29) is 12.5 Å². The minimum Gasteiger partial charge on any atom is -0.383 e. The van der Waals surface area contributed by atoms with Gasteiger partial charge < -0.3 is 10.1 Å². The Morgan fingerprint density at radius 2 is 1.78 bits per heavy atom. The van der Waals surface area contributed by atoms with E-state index in [1.54, 1.807) is 7.11 Å². The maximum atomic E-state index is 12.3. The maximum absolute atomic E-state index is 12.3. The Morgan fingerprint density at radius 3 is 2.48 bits per heavy atom. The number of nitrogens with zero attached hydrogens (tertiary/aromatic N) is 1. The highest BCUT2D eigenvalue weighted by atomic mass is 16.5. The van der Waals surface area contributed by atoms with Crippen LogP contribution in [0.25, 0.3) is 0 Å². The second kappa shape index (κ2) is 10.4. The summed E-state index contributed by atoms with van der Waals surface area (Å²) in [5.41, 5.74) is 3.85. The lowest BCUT2D eigenvalue weighted by Gasteiger charge is -2.21. The molecular formula is C21H27N3O3. The second-order valence-electron chi connectivity index (χ2n) is 6.44. The highest BCUT2D eigenvalue weighted by Gasteiger charge is 2.14. The number of rotatable bonds is 8.